The third-order valence-electron chi connectivity index (χ3n) is 4.57. The van der Waals surface area contributed by atoms with Gasteiger partial charge in [-0.3, -0.25) is 4.79 Å². The van der Waals surface area contributed by atoms with E-state index in [-0.39, 0.29) is 23.1 Å². The molecule has 0 saturated heterocycles. The number of thiophene rings is 1. The van der Waals surface area contributed by atoms with Crippen LogP contribution in [0.1, 0.15) is 64.4 Å². The van der Waals surface area contributed by atoms with Crippen LogP contribution in [-0.2, 0) is 27.4 Å². The molecule has 1 N–H and O–H groups in total. The van der Waals surface area contributed by atoms with E-state index in [1.807, 2.05) is 0 Å². The Hall–Kier alpha value is -2.04. The van der Waals surface area contributed by atoms with Gasteiger partial charge in [0, 0.05) is 4.88 Å². The third-order valence-corrected chi connectivity index (χ3v) is 7.75. The lowest BCUT2D eigenvalue weighted by atomic mass is 9.95. The van der Waals surface area contributed by atoms with Crippen LogP contribution in [0.25, 0.3) is 0 Å². The molecule has 0 bridgehead atoms. The van der Waals surface area contributed by atoms with Crippen molar-refractivity contribution in [2.24, 2.45) is 0 Å². The smallest absolute Gasteiger partial charge is 0.341 e. The molecule has 2 aromatic rings. The molecule has 0 atom stereocenters. The fraction of sp³-hybridized carbons (Fsp3) is 0.474. The van der Waals surface area contributed by atoms with Crippen LogP contribution in [0.2, 0.25) is 5.02 Å². The first-order valence-electron chi connectivity index (χ1n) is 9.66. The lowest BCUT2D eigenvalue weighted by Gasteiger charge is -2.12. The Morgan fingerprint density at radius 1 is 1.27 bits per heavy atom. The van der Waals surface area contributed by atoms with Crippen molar-refractivity contribution in [2.45, 2.75) is 51.1 Å². The van der Waals surface area contributed by atoms with E-state index in [1.165, 1.54) is 11.3 Å². The molecule has 0 aromatic carbocycles. The van der Waals surface area contributed by atoms with Crippen molar-refractivity contribution >= 4 is 49.7 Å². The van der Waals surface area contributed by atoms with Gasteiger partial charge in [0.05, 0.1) is 29.1 Å². The van der Waals surface area contributed by atoms with Gasteiger partial charge < -0.3 is 10.1 Å². The molecular weight excluding hydrogens is 450 g/mol. The molecule has 1 amide bonds. The molecule has 1 aliphatic carbocycles. The summed E-state index contributed by atoms with van der Waals surface area (Å²) in [4.78, 5) is 34.1. The van der Waals surface area contributed by atoms with E-state index >= 15 is 0 Å². The molecule has 162 valence electrons. The van der Waals surface area contributed by atoms with Gasteiger partial charge in [-0.15, -0.1) is 11.3 Å². The molecule has 3 rings (SSSR count). The molecular formula is C19H22ClN3O5S2. The number of ether oxygens (including phenoxy) is 1. The van der Waals surface area contributed by atoms with Gasteiger partial charge in [-0.05, 0) is 44.6 Å². The highest BCUT2D eigenvalue weighted by Crippen LogP contribution is 2.39. The first-order chi connectivity index (χ1) is 14.3. The molecule has 2 aromatic heterocycles. The zero-order valence-electron chi connectivity index (χ0n) is 16.7. The minimum absolute atomic E-state index is 0.0815. The van der Waals surface area contributed by atoms with Crippen LogP contribution < -0.4 is 5.32 Å². The summed E-state index contributed by atoms with van der Waals surface area (Å²) in [5, 5.41) is 2.51. The largest absolute Gasteiger partial charge is 0.462 e. The molecule has 0 aliphatic heterocycles. The average Bonchev–Trinajstić information content (AvgIpc) is 3.06. The number of aromatic nitrogens is 2. The van der Waals surface area contributed by atoms with Crippen LogP contribution in [0.15, 0.2) is 11.4 Å². The first-order valence-corrected chi connectivity index (χ1v) is 12.5. The predicted octanol–water partition coefficient (Wildman–Crippen LogP) is 3.68. The highest BCUT2D eigenvalue weighted by atomic mass is 35.5. The molecule has 11 heteroatoms. The summed E-state index contributed by atoms with van der Waals surface area (Å²) in [7, 11) is -3.72. The lowest BCUT2D eigenvalue weighted by molar-refractivity contribution is 0.0526. The Labute approximate surface area is 183 Å². The third kappa shape index (κ3) is 4.65. The number of fused-ring (bicyclic) bond motifs is 1. The zero-order chi connectivity index (χ0) is 21.9. The Morgan fingerprint density at radius 3 is 2.70 bits per heavy atom. The molecule has 30 heavy (non-hydrogen) atoms. The van der Waals surface area contributed by atoms with Gasteiger partial charge in [0.25, 0.3) is 5.91 Å². The number of carbonyl (C=O) groups excluding carboxylic acids is 2. The monoisotopic (exact) mass is 471 g/mol. The van der Waals surface area contributed by atoms with Crippen molar-refractivity contribution in [3.8, 4) is 0 Å². The van der Waals surface area contributed by atoms with Crippen LogP contribution >= 0.6 is 22.9 Å². The second-order valence-electron chi connectivity index (χ2n) is 6.76. The Kier molecular flexibility index (Phi) is 7.10. The normalized spacial score (nSPS) is 13.6. The quantitative estimate of drug-likeness (QED) is 0.483. The van der Waals surface area contributed by atoms with Gasteiger partial charge in [0.1, 0.15) is 5.00 Å². The number of rotatable bonds is 7. The van der Waals surface area contributed by atoms with Gasteiger partial charge in [0.15, 0.2) is 5.69 Å². The number of esters is 1. The van der Waals surface area contributed by atoms with E-state index in [0.29, 0.717) is 17.0 Å². The maximum atomic E-state index is 12.9. The zero-order valence-corrected chi connectivity index (χ0v) is 19.0. The van der Waals surface area contributed by atoms with Crippen LogP contribution in [0.4, 0.5) is 5.00 Å². The number of aryl methyl sites for hydroxylation is 1. The molecule has 2 heterocycles. The second kappa shape index (κ2) is 9.40. The van der Waals surface area contributed by atoms with Crippen LogP contribution in [0.3, 0.4) is 0 Å². The van der Waals surface area contributed by atoms with Crippen LogP contribution in [0, 0.1) is 0 Å². The second-order valence-corrected chi connectivity index (χ2v) is 10.3. The fourth-order valence-electron chi connectivity index (χ4n) is 3.26. The maximum Gasteiger partial charge on any atom is 0.341 e. The molecule has 0 unspecified atom stereocenters. The SMILES string of the molecule is CCCS(=O)(=O)c1ncc(Cl)c(C(=O)Nc2sc3c(c2C(=O)OCC)CCCC3)n1. The van der Waals surface area contributed by atoms with E-state index in [2.05, 4.69) is 15.3 Å². The number of halogens is 1. The Morgan fingerprint density at radius 2 is 2.00 bits per heavy atom. The first kappa shape index (κ1) is 22.6. The molecule has 8 nitrogen and oxygen atoms in total. The van der Waals surface area contributed by atoms with E-state index in [0.717, 1.165) is 42.3 Å². The molecule has 0 radical (unpaired) electrons. The number of nitrogens with zero attached hydrogens (tertiary/aromatic N) is 2. The molecule has 0 saturated carbocycles. The van der Waals surface area contributed by atoms with Gasteiger partial charge >= 0.3 is 5.97 Å². The number of nitrogens with one attached hydrogen (secondary N) is 1. The van der Waals surface area contributed by atoms with Gasteiger partial charge in [-0.1, -0.05) is 18.5 Å². The summed E-state index contributed by atoms with van der Waals surface area (Å²) in [5.74, 6) is -1.34. The highest BCUT2D eigenvalue weighted by Gasteiger charge is 2.29. The van der Waals surface area contributed by atoms with Crippen molar-refractivity contribution in [3.05, 3.63) is 32.9 Å². The van der Waals surface area contributed by atoms with E-state index in [9.17, 15) is 18.0 Å². The van der Waals surface area contributed by atoms with E-state index < -0.39 is 26.9 Å². The average molecular weight is 472 g/mol. The molecule has 0 fully saturated rings. The number of sulfone groups is 1. The van der Waals surface area contributed by atoms with Gasteiger partial charge in [0.2, 0.25) is 15.0 Å². The minimum Gasteiger partial charge on any atom is -0.462 e. The van der Waals surface area contributed by atoms with Crippen molar-refractivity contribution in [2.75, 3.05) is 17.7 Å². The van der Waals surface area contributed by atoms with E-state index in [1.54, 1.807) is 13.8 Å². The number of hydrogen-bond acceptors (Lipinski definition) is 8. The van der Waals surface area contributed by atoms with Crippen LogP contribution in [0.5, 0.6) is 0 Å². The van der Waals surface area contributed by atoms with Crippen LogP contribution in [-0.4, -0.2) is 42.6 Å². The Bertz CT molecular complexity index is 1080. The lowest BCUT2D eigenvalue weighted by Crippen LogP contribution is -2.19. The Balaban J connectivity index is 1.97. The van der Waals surface area contributed by atoms with E-state index in [4.69, 9.17) is 16.3 Å². The summed E-state index contributed by atoms with van der Waals surface area (Å²) in [6, 6.07) is 0. The minimum atomic E-state index is -3.72. The van der Waals surface area contributed by atoms with Crippen molar-refractivity contribution < 1.29 is 22.7 Å². The van der Waals surface area contributed by atoms with Gasteiger partial charge in [-0.25, -0.2) is 23.2 Å². The summed E-state index contributed by atoms with van der Waals surface area (Å²) in [6.45, 7) is 3.65. The number of anilines is 1. The number of hydrogen-bond donors (Lipinski definition) is 1. The molecule has 0 spiro atoms. The maximum absolute atomic E-state index is 12.9. The van der Waals surface area contributed by atoms with Crippen molar-refractivity contribution in [1.29, 1.82) is 0 Å². The number of amides is 1. The fourth-order valence-corrected chi connectivity index (χ4v) is 5.87. The summed E-state index contributed by atoms with van der Waals surface area (Å²) < 4.78 is 29.7. The van der Waals surface area contributed by atoms with Crippen molar-refractivity contribution in [3.63, 3.8) is 0 Å². The highest BCUT2D eigenvalue weighted by molar-refractivity contribution is 7.91. The van der Waals surface area contributed by atoms with Gasteiger partial charge in [-0.2, -0.15) is 0 Å². The standard InChI is InChI=1S/C19H22ClN3O5S2/c1-3-9-30(26,27)19-21-10-12(20)15(22-19)16(24)23-17-14(18(25)28-4-2)11-7-5-6-8-13(11)29-17/h10H,3-9H2,1-2H3,(H,23,24). The number of carbonyl (C=O) groups is 2. The summed E-state index contributed by atoms with van der Waals surface area (Å²) in [5.41, 5.74) is 0.997. The topological polar surface area (TPSA) is 115 Å². The summed E-state index contributed by atoms with van der Waals surface area (Å²) in [6.07, 6.45) is 5.02. The molecule has 1 aliphatic rings. The summed E-state index contributed by atoms with van der Waals surface area (Å²) >= 11 is 7.39. The predicted molar refractivity (Wildman–Crippen MR) is 114 cm³/mol. The van der Waals surface area contributed by atoms with Crippen molar-refractivity contribution in [1.82, 2.24) is 9.97 Å².